The fourth-order valence-electron chi connectivity index (χ4n) is 1.88. The van der Waals surface area contributed by atoms with Gasteiger partial charge in [-0.2, -0.15) is 0 Å². The van der Waals surface area contributed by atoms with Crippen LogP contribution in [0.15, 0.2) is 5.38 Å². The van der Waals surface area contributed by atoms with Crippen molar-refractivity contribution in [3.05, 3.63) is 21.4 Å². The van der Waals surface area contributed by atoms with Crippen LogP contribution in [-0.4, -0.2) is 10.4 Å². The molecule has 0 saturated heterocycles. The lowest BCUT2D eigenvalue weighted by atomic mass is 9.94. The van der Waals surface area contributed by atoms with E-state index in [1.54, 1.807) is 0 Å². The fraction of sp³-hybridized carbons (Fsp3) is 0.600. The zero-order valence-corrected chi connectivity index (χ0v) is 9.83. The van der Waals surface area contributed by atoms with Gasteiger partial charge in [-0.15, -0.1) is 11.3 Å². The average molecular weight is 261 g/mol. The minimum atomic E-state index is -0.307. The molecule has 1 N–H and O–H groups in total. The normalized spacial score (nSPS) is 18.3. The number of hydrogen-bond acceptors (Lipinski definition) is 2. The number of aryl methyl sites for hydroxylation is 1. The Kier molecular flexibility index (Phi) is 3.06. The molecule has 0 aromatic carbocycles. The monoisotopic (exact) mass is 260 g/mol. The van der Waals surface area contributed by atoms with Crippen LogP contribution in [0.1, 0.15) is 34.9 Å². The second-order valence-electron chi connectivity index (χ2n) is 3.47. The van der Waals surface area contributed by atoms with Crippen LogP contribution in [0.4, 0.5) is 0 Å². The van der Waals surface area contributed by atoms with Crippen molar-refractivity contribution < 1.29 is 5.11 Å². The zero-order valence-electron chi connectivity index (χ0n) is 7.42. The molecule has 2 rings (SSSR count). The smallest absolute Gasteiger partial charge is 0.0897 e. The summed E-state index contributed by atoms with van der Waals surface area (Å²) in [6.07, 6.45) is 4.68. The summed E-state index contributed by atoms with van der Waals surface area (Å²) in [5, 5.41) is 12.5. The molecule has 0 spiro atoms. The Bertz CT molecular complexity index is 295. The molecule has 1 nitrogen and oxygen atoms in total. The fourth-order valence-corrected chi connectivity index (χ4v) is 3.42. The van der Waals surface area contributed by atoms with Gasteiger partial charge in [0.1, 0.15) is 0 Å². The first-order valence-electron chi connectivity index (χ1n) is 4.66. The van der Waals surface area contributed by atoms with Crippen molar-refractivity contribution in [3.63, 3.8) is 0 Å². The van der Waals surface area contributed by atoms with Crippen LogP contribution < -0.4 is 0 Å². The maximum atomic E-state index is 9.73. The molecule has 13 heavy (non-hydrogen) atoms. The van der Waals surface area contributed by atoms with Gasteiger partial charge >= 0.3 is 0 Å². The molecule has 0 aliphatic heterocycles. The summed E-state index contributed by atoms with van der Waals surface area (Å²) >= 11 is 5.13. The molecular weight excluding hydrogens is 248 g/mol. The topological polar surface area (TPSA) is 20.2 Å². The third kappa shape index (κ3) is 1.83. The lowest BCUT2D eigenvalue weighted by molar-refractivity contribution is 0.204. The van der Waals surface area contributed by atoms with Crippen molar-refractivity contribution in [1.82, 2.24) is 0 Å². The number of fused-ring (bicyclic) bond motifs is 1. The van der Waals surface area contributed by atoms with E-state index in [0.29, 0.717) is 5.33 Å². The Morgan fingerprint density at radius 3 is 3.00 bits per heavy atom. The summed E-state index contributed by atoms with van der Waals surface area (Å²) in [6, 6.07) is 0. The van der Waals surface area contributed by atoms with Crippen molar-refractivity contribution in [2.24, 2.45) is 0 Å². The standard InChI is InChI=1S/C10H13BrOS/c11-5-9(12)8-6-13-10-4-2-1-3-7(8)10/h6,9,12H,1-5H2. The van der Waals surface area contributed by atoms with E-state index < -0.39 is 0 Å². The highest BCUT2D eigenvalue weighted by atomic mass is 79.9. The molecule has 0 fully saturated rings. The minimum absolute atomic E-state index is 0.307. The number of hydrogen-bond donors (Lipinski definition) is 1. The summed E-state index contributed by atoms with van der Waals surface area (Å²) < 4.78 is 0. The highest BCUT2D eigenvalue weighted by Gasteiger charge is 2.19. The van der Waals surface area contributed by atoms with Crippen LogP contribution in [0, 0.1) is 0 Å². The van der Waals surface area contributed by atoms with Crippen LogP contribution >= 0.6 is 27.3 Å². The van der Waals surface area contributed by atoms with Crippen molar-refractivity contribution in [1.29, 1.82) is 0 Å². The first-order valence-corrected chi connectivity index (χ1v) is 6.66. The molecule has 1 aliphatic rings. The first kappa shape index (κ1) is 9.69. The van der Waals surface area contributed by atoms with Crippen LogP contribution in [-0.2, 0) is 12.8 Å². The van der Waals surface area contributed by atoms with Gasteiger partial charge in [-0.05, 0) is 42.2 Å². The molecule has 0 bridgehead atoms. The maximum Gasteiger partial charge on any atom is 0.0897 e. The van der Waals surface area contributed by atoms with E-state index in [0.717, 1.165) is 12.0 Å². The molecule has 72 valence electrons. The summed E-state index contributed by atoms with van der Waals surface area (Å²) in [7, 11) is 0. The molecule has 1 unspecified atom stereocenters. The Balaban J connectivity index is 2.31. The number of aliphatic hydroxyl groups excluding tert-OH is 1. The molecular formula is C10H13BrOS. The van der Waals surface area contributed by atoms with Gasteiger partial charge in [0.2, 0.25) is 0 Å². The lowest BCUT2D eigenvalue weighted by Gasteiger charge is -2.14. The highest BCUT2D eigenvalue weighted by molar-refractivity contribution is 9.09. The van der Waals surface area contributed by atoms with Crippen molar-refractivity contribution in [2.75, 3.05) is 5.33 Å². The summed E-state index contributed by atoms with van der Waals surface area (Å²) in [5.41, 5.74) is 2.60. The predicted octanol–water partition coefficient (Wildman–Crippen LogP) is 3.06. The second-order valence-corrected chi connectivity index (χ2v) is 5.08. The molecule has 1 atom stereocenters. The SMILES string of the molecule is OC(CBr)c1csc2c1CCCC2. The van der Waals surface area contributed by atoms with E-state index in [4.69, 9.17) is 0 Å². The van der Waals surface area contributed by atoms with Crippen molar-refractivity contribution in [2.45, 2.75) is 31.8 Å². The van der Waals surface area contributed by atoms with E-state index in [1.165, 1.54) is 29.7 Å². The Hall–Kier alpha value is 0.140. The van der Waals surface area contributed by atoms with E-state index >= 15 is 0 Å². The Morgan fingerprint density at radius 1 is 1.46 bits per heavy atom. The van der Waals surface area contributed by atoms with Crippen LogP contribution in [0.25, 0.3) is 0 Å². The van der Waals surface area contributed by atoms with Crippen LogP contribution in [0.2, 0.25) is 0 Å². The minimum Gasteiger partial charge on any atom is -0.388 e. The highest BCUT2D eigenvalue weighted by Crippen LogP contribution is 2.33. The van der Waals surface area contributed by atoms with E-state index in [2.05, 4.69) is 21.3 Å². The van der Waals surface area contributed by atoms with Crippen LogP contribution in [0.5, 0.6) is 0 Å². The molecule has 1 aromatic heterocycles. The van der Waals surface area contributed by atoms with E-state index in [1.807, 2.05) is 11.3 Å². The van der Waals surface area contributed by atoms with Gasteiger partial charge in [0.15, 0.2) is 0 Å². The lowest BCUT2D eigenvalue weighted by Crippen LogP contribution is -2.05. The van der Waals surface area contributed by atoms with Gasteiger partial charge in [-0.3, -0.25) is 0 Å². The Labute approximate surface area is 90.9 Å². The second kappa shape index (κ2) is 4.11. The number of rotatable bonds is 2. The quantitative estimate of drug-likeness (QED) is 0.811. The molecule has 0 saturated carbocycles. The zero-order chi connectivity index (χ0) is 9.26. The van der Waals surface area contributed by atoms with Crippen LogP contribution in [0.3, 0.4) is 0 Å². The van der Waals surface area contributed by atoms with Gasteiger partial charge in [0.25, 0.3) is 0 Å². The molecule has 1 aliphatic carbocycles. The Morgan fingerprint density at radius 2 is 2.23 bits per heavy atom. The van der Waals surface area contributed by atoms with Crippen molar-refractivity contribution in [3.8, 4) is 0 Å². The summed E-state index contributed by atoms with van der Waals surface area (Å²) in [4.78, 5) is 1.50. The number of aliphatic hydroxyl groups is 1. The van der Waals surface area contributed by atoms with Crippen molar-refractivity contribution >= 4 is 27.3 Å². The van der Waals surface area contributed by atoms with E-state index in [9.17, 15) is 5.11 Å². The first-order chi connectivity index (χ1) is 6.33. The van der Waals surface area contributed by atoms with Gasteiger partial charge < -0.3 is 5.11 Å². The summed E-state index contributed by atoms with van der Waals surface area (Å²) in [5.74, 6) is 0. The van der Waals surface area contributed by atoms with Gasteiger partial charge in [0, 0.05) is 10.2 Å². The molecule has 3 heteroatoms. The number of thiophene rings is 1. The third-order valence-electron chi connectivity index (χ3n) is 2.60. The predicted molar refractivity (Wildman–Crippen MR) is 59.7 cm³/mol. The van der Waals surface area contributed by atoms with E-state index in [-0.39, 0.29) is 6.10 Å². The number of halogens is 1. The van der Waals surface area contributed by atoms with Gasteiger partial charge in [-0.1, -0.05) is 15.9 Å². The summed E-state index contributed by atoms with van der Waals surface area (Å²) in [6.45, 7) is 0. The number of alkyl halides is 1. The van der Waals surface area contributed by atoms with Gasteiger partial charge in [0.05, 0.1) is 6.10 Å². The molecule has 1 heterocycles. The largest absolute Gasteiger partial charge is 0.388 e. The third-order valence-corrected chi connectivity index (χ3v) is 4.32. The van der Waals surface area contributed by atoms with Gasteiger partial charge in [-0.25, -0.2) is 0 Å². The molecule has 0 radical (unpaired) electrons. The maximum absolute atomic E-state index is 9.73. The molecule has 1 aromatic rings. The molecule has 0 amide bonds. The average Bonchev–Trinajstić information content (AvgIpc) is 2.60.